The summed E-state index contributed by atoms with van der Waals surface area (Å²) < 4.78 is 7.04. The molecule has 0 fully saturated rings. The summed E-state index contributed by atoms with van der Waals surface area (Å²) in [5.74, 6) is 0.0111. The number of hydrogen-bond donors (Lipinski definition) is 0. The smallest absolute Gasteiger partial charge is 0.308 e. The van der Waals surface area contributed by atoms with Crippen LogP contribution >= 0.6 is 11.3 Å². The second-order valence-electron chi connectivity index (χ2n) is 5.36. The van der Waals surface area contributed by atoms with Crippen molar-refractivity contribution in [1.29, 1.82) is 0 Å². The van der Waals surface area contributed by atoms with E-state index < -0.39 is 5.97 Å². The van der Waals surface area contributed by atoms with Crippen molar-refractivity contribution in [3.63, 3.8) is 0 Å². The molecule has 3 aromatic rings. The van der Waals surface area contributed by atoms with E-state index in [4.69, 9.17) is 4.74 Å². The number of carbonyl (C=O) groups excluding carboxylic acids is 1. The molecule has 7 nitrogen and oxygen atoms in total. The predicted octanol–water partition coefficient (Wildman–Crippen LogP) is 1.47. The Morgan fingerprint density at radius 2 is 2.12 bits per heavy atom. The van der Waals surface area contributed by atoms with Gasteiger partial charge in [0.05, 0.1) is 4.53 Å². The fraction of sp³-hybridized carbons (Fsp3) is 0.294. The Labute approximate surface area is 148 Å². The lowest BCUT2D eigenvalue weighted by Crippen LogP contribution is -2.24. The van der Waals surface area contributed by atoms with Gasteiger partial charge in [-0.2, -0.15) is 9.61 Å². The van der Waals surface area contributed by atoms with Gasteiger partial charge in [0, 0.05) is 31.3 Å². The van der Waals surface area contributed by atoms with Crippen LogP contribution in [0.5, 0.6) is 5.75 Å². The van der Waals surface area contributed by atoms with Crippen molar-refractivity contribution in [2.75, 3.05) is 18.0 Å². The van der Waals surface area contributed by atoms with Crippen molar-refractivity contribution in [2.45, 2.75) is 20.8 Å². The molecule has 1 aromatic carbocycles. The van der Waals surface area contributed by atoms with E-state index >= 15 is 0 Å². The highest BCUT2D eigenvalue weighted by atomic mass is 32.1. The Balaban J connectivity index is 2.16. The second-order valence-corrected chi connectivity index (χ2v) is 6.37. The molecule has 130 valence electrons. The lowest BCUT2D eigenvalue weighted by molar-refractivity contribution is -0.131. The summed E-state index contributed by atoms with van der Waals surface area (Å²) in [6.07, 6.45) is 3.07. The van der Waals surface area contributed by atoms with E-state index in [0.29, 0.717) is 20.8 Å². The summed E-state index contributed by atoms with van der Waals surface area (Å²) in [6.45, 7) is 7.20. The quantitative estimate of drug-likeness (QED) is 0.508. The third-order valence-electron chi connectivity index (χ3n) is 3.78. The molecule has 25 heavy (non-hydrogen) atoms. The number of nitrogens with zero attached hydrogens (tertiary/aromatic N) is 4. The molecule has 0 spiro atoms. The summed E-state index contributed by atoms with van der Waals surface area (Å²) in [7, 11) is 0. The third kappa shape index (κ3) is 3.39. The molecule has 0 atom stereocenters. The summed E-state index contributed by atoms with van der Waals surface area (Å²) in [6, 6.07) is 5.58. The van der Waals surface area contributed by atoms with Crippen LogP contribution in [0.3, 0.4) is 0 Å². The SMILES string of the molecule is CCN(CC)c1ccc(OC(C)=O)c(C=c2sc3ncnn3c2=O)c1. The van der Waals surface area contributed by atoms with Crippen LogP contribution in [0, 0.1) is 0 Å². The first-order valence-electron chi connectivity index (χ1n) is 7.95. The van der Waals surface area contributed by atoms with Crippen molar-refractivity contribution in [2.24, 2.45) is 0 Å². The molecule has 0 aliphatic heterocycles. The first-order valence-corrected chi connectivity index (χ1v) is 8.76. The highest BCUT2D eigenvalue weighted by molar-refractivity contribution is 7.15. The number of rotatable bonds is 5. The molecule has 0 bridgehead atoms. The largest absolute Gasteiger partial charge is 0.426 e. The van der Waals surface area contributed by atoms with E-state index in [1.165, 1.54) is 29.1 Å². The van der Waals surface area contributed by atoms with E-state index in [2.05, 4.69) is 28.8 Å². The summed E-state index contributed by atoms with van der Waals surface area (Å²) in [5.41, 5.74) is 1.43. The van der Waals surface area contributed by atoms with Gasteiger partial charge in [0.1, 0.15) is 12.1 Å². The lowest BCUT2D eigenvalue weighted by atomic mass is 10.1. The molecule has 0 saturated heterocycles. The van der Waals surface area contributed by atoms with Gasteiger partial charge in [-0.1, -0.05) is 11.3 Å². The Hall–Kier alpha value is -2.74. The number of carbonyl (C=O) groups is 1. The van der Waals surface area contributed by atoms with Crippen LogP contribution in [0.25, 0.3) is 11.0 Å². The number of thiazole rings is 1. The number of fused-ring (bicyclic) bond motifs is 1. The third-order valence-corrected chi connectivity index (χ3v) is 4.76. The maximum atomic E-state index is 12.4. The zero-order valence-corrected chi connectivity index (χ0v) is 15.0. The Morgan fingerprint density at radius 3 is 2.76 bits per heavy atom. The van der Waals surface area contributed by atoms with Gasteiger partial charge in [0.15, 0.2) is 0 Å². The maximum Gasteiger partial charge on any atom is 0.308 e. The number of esters is 1. The van der Waals surface area contributed by atoms with Crippen molar-refractivity contribution < 1.29 is 9.53 Å². The van der Waals surface area contributed by atoms with E-state index in [0.717, 1.165) is 18.8 Å². The average molecular weight is 358 g/mol. The molecule has 3 rings (SSSR count). The normalized spacial score (nSPS) is 11.9. The van der Waals surface area contributed by atoms with E-state index in [-0.39, 0.29) is 5.56 Å². The van der Waals surface area contributed by atoms with Gasteiger partial charge in [-0.25, -0.2) is 4.98 Å². The van der Waals surface area contributed by atoms with E-state index in [1.54, 1.807) is 12.1 Å². The number of hydrogen-bond acceptors (Lipinski definition) is 7. The van der Waals surface area contributed by atoms with Crippen LogP contribution < -0.4 is 19.7 Å². The molecule has 0 radical (unpaired) electrons. The first-order chi connectivity index (χ1) is 12.0. The van der Waals surface area contributed by atoms with Crippen LogP contribution in [-0.4, -0.2) is 33.7 Å². The van der Waals surface area contributed by atoms with Gasteiger partial charge in [0.2, 0.25) is 4.96 Å². The minimum atomic E-state index is -0.407. The van der Waals surface area contributed by atoms with Gasteiger partial charge < -0.3 is 9.64 Å². The zero-order chi connectivity index (χ0) is 18.0. The topological polar surface area (TPSA) is 76.8 Å². The van der Waals surface area contributed by atoms with Crippen molar-refractivity contribution >= 4 is 34.0 Å². The van der Waals surface area contributed by atoms with E-state index in [1.807, 2.05) is 12.1 Å². The Kier molecular flexibility index (Phi) is 4.80. The fourth-order valence-electron chi connectivity index (χ4n) is 2.60. The zero-order valence-electron chi connectivity index (χ0n) is 14.2. The summed E-state index contributed by atoms with van der Waals surface area (Å²) in [4.78, 5) is 30.5. The van der Waals surface area contributed by atoms with Gasteiger partial charge in [0.25, 0.3) is 5.56 Å². The molecule has 0 aliphatic rings. The summed E-state index contributed by atoms with van der Waals surface area (Å²) in [5, 5.41) is 3.91. The minimum Gasteiger partial charge on any atom is -0.426 e. The molecule has 8 heteroatoms. The van der Waals surface area contributed by atoms with Crippen molar-refractivity contribution in [1.82, 2.24) is 14.6 Å². The van der Waals surface area contributed by atoms with Crippen LogP contribution in [-0.2, 0) is 4.79 Å². The molecule has 0 amide bonds. The lowest BCUT2D eigenvalue weighted by Gasteiger charge is -2.22. The molecule has 2 aromatic heterocycles. The Morgan fingerprint density at radius 1 is 1.36 bits per heavy atom. The molecular formula is C17H18N4O3S. The summed E-state index contributed by atoms with van der Waals surface area (Å²) >= 11 is 1.25. The molecular weight excluding hydrogens is 340 g/mol. The molecule has 2 heterocycles. The molecule has 0 aliphatic carbocycles. The van der Waals surface area contributed by atoms with E-state index in [9.17, 15) is 9.59 Å². The number of benzene rings is 1. The number of ether oxygens (including phenoxy) is 1. The number of anilines is 1. The van der Waals surface area contributed by atoms with Crippen LogP contribution in [0.15, 0.2) is 29.3 Å². The number of aromatic nitrogens is 3. The van der Waals surface area contributed by atoms with Crippen LogP contribution in [0.2, 0.25) is 0 Å². The first kappa shape index (κ1) is 17.1. The van der Waals surface area contributed by atoms with Gasteiger partial charge in [-0.3, -0.25) is 9.59 Å². The fourth-order valence-corrected chi connectivity index (χ4v) is 3.47. The predicted molar refractivity (Wildman–Crippen MR) is 97.2 cm³/mol. The Bertz CT molecular complexity index is 1020. The second kappa shape index (κ2) is 7.02. The molecule has 0 N–H and O–H groups in total. The highest BCUT2D eigenvalue weighted by Gasteiger charge is 2.11. The van der Waals surface area contributed by atoms with Gasteiger partial charge in [-0.15, -0.1) is 0 Å². The van der Waals surface area contributed by atoms with Crippen molar-refractivity contribution in [3.8, 4) is 5.75 Å². The minimum absolute atomic E-state index is 0.237. The molecule has 0 saturated carbocycles. The maximum absolute atomic E-state index is 12.4. The van der Waals surface area contributed by atoms with Gasteiger partial charge in [-0.05, 0) is 38.1 Å². The van der Waals surface area contributed by atoms with Gasteiger partial charge >= 0.3 is 5.97 Å². The van der Waals surface area contributed by atoms with Crippen LogP contribution in [0.1, 0.15) is 26.3 Å². The standard InChI is InChI=1S/C17H18N4O3S/c1-4-20(5-2)13-6-7-14(24-11(3)22)12(8-13)9-15-16(23)21-17(25-15)18-10-19-21/h6-10H,4-5H2,1-3H3. The monoisotopic (exact) mass is 358 g/mol. The highest BCUT2D eigenvalue weighted by Crippen LogP contribution is 2.26. The average Bonchev–Trinajstić information content (AvgIpc) is 3.14. The molecule has 0 unspecified atom stereocenters. The van der Waals surface area contributed by atoms with Crippen molar-refractivity contribution in [3.05, 3.63) is 45.0 Å². The van der Waals surface area contributed by atoms with Crippen LogP contribution in [0.4, 0.5) is 5.69 Å².